The highest BCUT2D eigenvalue weighted by Crippen LogP contribution is 2.31. The van der Waals surface area contributed by atoms with E-state index in [1.807, 2.05) is 60.7 Å². The predicted molar refractivity (Wildman–Crippen MR) is 124 cm³/mol. The molecule has 6 nitrogen and oxygen atoms in total. The number of benzene rings is 3. The van der Waals surface area contributed by atoms with Crippen molar-refractivity contribution in [2.24, 2.45) is 0 Å². The van der Waals surface area contributed by atoms with Gasteiger partial charge in [0, 0.05) is 14.1 Å². The number of nitrogens with one attached hydrogen (secondary N) is 1. The standard InChI is InChI=1S/C23H21N3O3S2/c1-26(2)31(28,29)18-13-14-19-20(15-18)30-23(24-19)25-22(27)21(16-9-5-3-6-10-16)17-11-7-4-8-12-17/h3-15,21H,1-2H3,(H,24,25,27). The van der Waals surface area contributed by atoms with E-state index in [1.54, 1.807) is 12.1 Å². The molecule has 8 heteroatoms. The number of aromatic nitrogens is 1. The molecule has 3 aromatic carbocycles. The minimum absolute atomic E-state index is 0.193. The normalized spacial score (nSPS) is 11.9. The Labute approximate surface area is 185 Å². The molecular weight excluding hydrogens is 430 g/mol. The Bertz CT molecular complexity index is 1280. The van der Waals surface area contributed by atoms with Gasteiger partial charge in [-0.25, -0.2) is 17.7 Å². The van der Waals surface area contributed by atoms with Crippen LogP contribution >= 0.6 is 11.3 Å². The summed E-state index contributed by atoms with van der Waals surface area (Å²) in [6.45, 7) is 0. The van der Waals surface area contributed by atoms with Gasteiger partial charge < -0.3 is 5.32 Å². The lowest BCUT2D eigenvalue weighted by Crippen LogP contribution is -2.22. The van der Waals surface area contributed by atoms with Gasteiger partial charge >= 0.3 is 0 Å². The van der Waals surface area contributed by atoms with Crippen molar-refractivity contribution >= 4 is 42.6 Å². The van der Waals surface area contributed by atoms with Crippen LogP contribution in [0.1, 0.15) is 17.0 Å². The molecule has 0 aliphatic heterocycles. The summed E-state index contributed by atoms with van der Waals surface area (Å²) in [5.41, 5.74) is 2.40. The highest BCUT2D eigenvalue weighted by Gasteiger charge is 2.24. The number of thiazole rings is 1. The van der Waals surface area contributed by atoms with E-state index >= 15 is 0 Å². The zero-order chi connectivity index (χ0) is 22.0. The summed E-state index contributed by atoms with van der Waals surface area (Å²) in [5.74, 6) is -0.684. The van der Waals surface area contributed by atoms with Crippen LogP contribution in [0.4, 0.5) is 5.13 Å². The molecule has 0 atom stereocenters. The molecule has 1 N–H and O–H groups in total. The van der Waals surface area contributed by atoms with Crippen molar-refractivity contribution in [2.45, 2.75) is 10.8 Å². The second-order valence-electron chi connectivity index (χ2n) is 7.18. The number of sulfonamides is 1. The molecule has 4 rings (SSSR count). The summed E-state index contributed by atoms with van der Waals surface area (Å²) in [5, 5.41) is 3.35. The minimum atomic E-state index is -3.54. The Morgan fingerprint density at radius 2 is 1.52 bits per heavy atom. The number of rotatable bonds is 6. The van der Waals surface area contributed by atoms with Crippen LogP contribution < -0.4 is 5.32 Å². The van der Waals surface area contributed by atoms with Crippen molar-refractivity contribution in [1.29, 1.82) is 0 Å². The first-order chi connectivity index (χ1) is 14.9. The number of nitrogens with zero attached hydrogens (tertiary/aromatic N) is 2. The maximum Gasteiger partial charge on any atom is 0.242 e. The molecule has 0 bridgehead atoms. The average molecular weight is 452 g/mol. The molecule has 0 aliphatic rings. The summed E-state index contributed by atoms with van der Waals surface area (Å²) in [4.78, 5) is 17.9. The second-order valence-corrected chi connectivity index (χ2v) is 10.4. The molecule has 0 saturated carbocycles. The van der Waals surface area contributed by atoms with Crippen LogP contribution in [0.3, 0.4) is 0 Å². The van der Waals surface area contributed by atoms with Crippen LogP contribution in [0.5, 0.6) is 0 Å². The van der Waals surface area contributed by atoms with Gasteiger partial charge in [0.05, 0.1) is 21.0 Å². The van der Waals surface area contributed by atoms with Gasteiger partial charge in [-0.05, 0) is 29.3 Å². The van der Waals surface area contributed by atoms with E-state index in [4.69, 9.17) is 0 Å². The third-order valence-corrected chi connectivity index (χ3v) is 7.64. The molecule has 4 aromatic rings. The second kappa shape index (κ2) is 8.58. The molecule has 1 aromatic heterocycles. The zero-order valence-electron chi connectivity index (χ0n) is 17.0. The van der Waals surface area contributed by atoms with Crippen molar-refractivity contribution in [1.82, 2.24) is 9.29 Å². The monoisotopic (exact) mass is 451 g/mol. The summed E-state index contributed by atoms with van der Waals surface area (Å²) >= 11 is 1.25. The van der Waals surface area contributed by atoms with E-state index in [0.29, 0.717) is 15.3 Å². The molecule has 0 unspecified atom stereocenters. The lowest BCUT2D eigenvalue weighted by Gasteiger charge is -2.16. The summed E-state index contributed by atoms with van der Waals surface area (Å²) in [6.07, 6.45) is 0. The van der Waals surface area contributed by atoms with E-state index in [1.165, 1.54) is 35.8 Å². The molecule has 0 fully saturated rings. The number of anilines is 1. The van der Waals surface area contributed by atoms with Crippen LogP contribution in [0.25, 0.3) is 10.2 Å². The molecule has 0 saturated heterocycles. The van der Waals surface area contributed by atoms with E-state index < -0.39 is 15.9 Å². The quantitative estimate of drug-likeness (QED) is 0.474. The van der Waals surface area contributed by atoms with Crippen LogP contribution in [-0.4, -0.2) is 37.7 Å². The molecule has 0 spiro atoms. The molecular formula is C23H21N3O3S2. The fourth-order valence-electron chi connectivity index (χ4n) is 3.29. The van der Waals surface area contributed by atoms with Crippen molar-refractivity contribution in [3.05, 3.63) is 90.0 Å². The average Bonchev–Trinajstić information content (AvgIpc) is 3.16. The van der Waals surface area contributed by atoms with Crippen LogP contribution in [0.2, 0.25) is 0 Å². The highest BCUT2D eigenvalue weighted by molar-refractivity contribution is 7.89. The molecule has 158 valence electrons. The van der Waals surface area contributed by atoms with Gasteiger partial charge in [-0.3, -0.25) is 4.79 Å². The fourth-order valence-corrected chi connectivity index (χ4v) is 5.20. The SMILES string of the molecule is CN(C)S(=O)(=O)c1ccc2nc(NC(=O)C(c3ccccc3)c3ccccc3)sc2c1. The number of amides is 1. The molecule has 31 heavy (non-hydrogen) atoms. The summed E-state index contributed by atoms with van der Waals surface area (Å²) in [7, 11) is -0.560. The Balaban J connectivity index is 1.66. The third kappa shape index (κ3) is 4.36. The summed E-state index contributed by atoms with van der Waals surface area (Å²) in [6, 6.07) is 23.9. The Hall–Kier alpha value is -3.07. The molecule has 0 radical (unpaired) electrons. The minimum Gasteiger partial charge on any atom is -0.301 e. The van der Waals surface area contributed by atoms with E-state index in [2.05, 4.69) is 10.3 Å². The lowest BCUT2D eigenvalue weighted by atomic mass is 9.90. The first-order valence-corrected chi connectivity index (χ1v) is 11.9. The summed E-state index contributed by atoms with van der Waals surface area (Å²) < 4.78 is 26.7. The van der Waals surface area contributed by atoms with Crippen LogP contribution in [0.15, 0.2) is 83.8 Å². The van der Waals surface area contributed by atoms with E-state index in [-0.39, 0.29) is 10.8 Å². The fraction of sp³-hybridized carbons (Fsp3) is 0.130. The van der Waals surface area contributed by atoms with Gasteiger partial charge in [-0.2, -0.15) is 0 Å². The smallest absolute Gasteiger partial charge is 0.242 e. The number of carbonyl (C=O) groups is 1. The zero-order valence-corrected chi connectivity index (χ0v) is 18.7. The van der Waals surface area contributed by atoms with Crippen molar-refractivity contribution < 1.29 is 13.2 Å². The van der Waals surface area contributed by atoms with Gasteiger partial charge in [-0.15, -0.1) is 0 Å². The maximum absolute atomic E-state index is 13.3. The molecule has 1 amide bonds. The van der Waals surface area contributed by atoms with Gasteiger partial charge in [0.2, 0.25) is 15.9 Å². The topological polar surface area (TPSA) is 79.4 Å². The number of hydrogen-bond donors (Lipinski definition) is 1. The van der Waals surface area contributed by atoms with Gasteiger partial charge in [0.15, 0.2) is 5.13 Å². The van der Waals surface area contributed by atoms with Crippen LogP contribution in [0, 0.1) is 0 Å². The van der Waals surface area contributed by atoms with E-state index in [0.717, 1.165) is 11.1 Å². The Kier molecular flexibility index (Phi) is 5.86. The van der Waals surface area contributed by atoms with Crippen LogP contribution in [-0.2, 0) is 14.8 Å². The first-order valence-electron chi connectivity index (χ1n) is 9.60. The van der Waals surface area contributed by atoms with Gasteiger partial charge in [0.25, 0.3) is 0 Å². The predicted octanol–water partition coefficient (Wildman–Crippen LogP) is 4.32. The Morgan fingerprint density at radius 1 is 0.935 bits per heavy atom. The van der Waals surface area contributed by atoms with Crippen molar-refractivity contribution in [3.8, 4) is 0 Å². The molecule has 1 heterocycles. The lowest BCUT2D eigenvalue weighted by molar-refractivity contribution is -0.116. The van der Waals surface area contributed by atoms with Gasteiger partial charge in [0.1, 0.15) is 0 Å². The maximum atomic E-state index is 13.3. The number of fused-ring (bicyclic) bond motifs is 1. The molecule has 0 aliphatic carbocycles. The van der Waals surface area contributed by atoms with Crippen molar-refractivity contribution in [3.63, 3.8) is 0 Å². The van der Waals surface area contributed by atoms with Gasteiger partial charge in [-0.1, -0.05) is 72.0 Å². The largest absolute Gasteiger partial charge is 0.301 e. The number of carbonyl (C=O) groups excluding carboxylic acids is 1. The highest BCUT2D eigenvalue weighted by atomic mass is 32.2. The third-order valence-electron chi connectivity index (χ3n) is 4.90. The van der Waals surface area contributed by atoms with Crippen molar-refractivity contribution in [2.75, 3.05) is 19.4 Å². The Morgan fingerprint density at radius 3 is 2.06 bits per heavy atom. The van der Waals surface area contributed by atoms with E-state index in [9.17, 15) is 13.2 Å². The first kappa shape index (κ1) is 21.2. The number of hydrogen-bond acceptors (Lipinski definition) is 5.